The van der Waals surface area contributed by atoms with Crippen LogP contribution in [-0.4, -0.2) is 44.1 Å². The zero-order valence-corrected chi connectivity index (χ0v) is 14.5. The largest absolute Gasteiger partial charge is 0.483 e. The van der Waals surface area contributed by atoms with E-state index in [-0.39, 0.29) is 24.9 Å². The molecule has 1 aromatic rings. The van der Waals surface area contributed by atoms with Gasteiger partial charge < -0.3 is 15.0 Å². The fourth-order valence-electron chi connectivity index (χ4n) is 2.93. The molecule has 0 aliphatic carbocycles. The summed E-state index contributed by atoms with van der Waals surface area (Å²) in [4.78, 5) is 14.2. The van der Waals surface area contributed by atoms with Crippen LogP contribution in [0.1, 0.15) is 24.0 Å². The van der Waals surface area contributed by atoms with Gasteiger partial charge in [0.2, 0.25) is 0 Å². The smallest absolute Gasteiger partial charge is 0.260 e. The molecule has 1 amide bonds. The highest BCUT2D eigenvalue weighted by molar-refractivity contribution is 5.85. The van der Waals surface area contributed by atoms with Crippen molar-refractivity contribution in [1.82, 2.24) is 10.2 Å². The minimum atomic E-state index is 0. The Morgan fingerprint density at radius 2 is 1.86 bits per heavy atom. The number of hydrogen-bond donors (Lipinski definition) is 1. The molecule has 0 atom stereocenters. The molecule has 1 aromatic carbocycles. The number of benzene rings is 1. The van der Waals surface area contributed by atoms with Crippen LogP contribution in [-0.2, 0) is 4.79 Å². The van der Waals surface area contributed by atoms with Gasteiger partial charge in [0.25, 0.3) is 5.91 Å². The van der Waals surface area contributed by atoms with Crippen LogP contribution in [0.3, 0.4) is 0 Å². The zero-order valence-electron chi connectivity index (χ0n) is 13.7. The molecule has 5 heteroatoms. The van der Waals surface area contributed by atoms with Crippen molar-refractivity contribution in [3.05, 3.63) is 29.3 Å². The van der Waals surface area contributed by atoms with Gasteiger partial charge >= 0.3 is 0 Å². The van der Waals surface area contributed by atoms with Gasteiger partial charge in [-0.3, -0.25) is 4.79 Å². The average Bonchev–Trinajstić information content (AvgIpc) is 2.47. The van der Waals surface area contributed by atoms with Gasteiger partial charge in [0.1, 0.15) is 5.75 Å². The van der Waals surface area contributed by atoms with Gasteiger partial charge in [-0.2, -0.15) is 0 Å². The third-order valence-electron chi connectivity index (χ3n) is 4.21. The van der Waals surface area contributed by atoms with Crippen molar-refractivity contribution in [3.63, 3.8) is 0 Å². The van der Waals surface area contributed by atoms with E-state index in [4.69, 9.17) is 4.74 Å². The lowest BCUT2D eigenvalue weighted by atomic mass is 9.97. The van der Waals surface area contributed by atoms with E-state index in [1.807, 2.05) is 44.0 Å². The number of carbonyl (C=O) groups is 1. The van der Waals surface area contributed by atoms with Crippen molar-refractivity contribution in [2.45, 2.75) is 26.7 Å². The molecule has 0 saturated carbocycles. The van der Waals surface area contributed by atoms with Crippen LogP contribution >= 0.6 is 12.4 Å². The quantitative estimate of drug-likeness (QED) is 0.904. The predicted molar refractivity (Wildman–Crippen MR) is 91.9 cm³/mol. The number of likely N-dealkylation sites (tertiary alicyclic amines) is 1. The van der Waals surface area contributed by atoms with Crippen molar-refractivity contribution >= 4 is 18.3 Å². The van der Waals surface area contributed by atoms with Crippen LogP contribution in [0.2, 0.25) is 0 Å². The van der Waals surface area contributed by atoms with Crippen molar-refractivity contribution < 1.29 is 9.53 Å². The highest BCUT2D eigenvalue weighted by Crippen LogP contribution is 2.22. The molecule has 1 heterocycles. The van der Waals surface area contributed by atoms with Crippen LogP contribution in [0.15, 0.2) is 18.2 Å². The number of hydrogen-bond acceptors (Lipinski definition) is 3. The molecule has 1 N–H and O–H groups in total. The number of ether oxygens (including phenoxy) is 1. The molecule has 0 bridgehead atoms. The standard InChI is InChI=1S/C17H26N2O2.ClH/c1-13-5-4-6-14(2)17(13)21-12-16(20)19-9-7-15(8-10-19)11-18-3;/h4-6,15,18H,7-12H2,1-3H3;1H. The van der Waals surface area contributed by atoms with Gasteiger partial charge in [0.15, 0.2) is 6.61 Å². The van der Waals surface area contributed by atoms with Gasteiger partial charge in [-0.15, -0.1) is 12.4 Å². The molecule has 0 spiro atoms. The minimum Gasteiger partial charge on any atom is -0.483 e. The second kappa shape index (κ2) is 9.01. The number of nitrogens with zero attached hydrogens (tertiary/aromatic N) is 1. The van der Waals surface area contributed by atoms with E-state index in [1.54, 1.807) is 0 Å². The van der Waals surface area contributed by atoms with E-state index < -0.39 is 0 Å². The summed E-state index contributed by atoms with van der Waals surface area (Å²) >= 11 is 0. The molecule has 124 valence electrons. The topological polar surface area (TPSA) is 41.6 Å². The van der Waals surface area contributed by atoms with Crippen molar-refractivity contribution in [3.8, 4) is 5.75 Å². The average molecular weight is 327 g/mol. The van der Waals surface area contributed by atoms with Crippen molar-refractivity contribution in [2.75, 3.05) is 33.3 Å². The molecule has 2 rings (SSSR count). The molecule has 1 aliphatic rings. The van der Waals surface area contributed by atoms with Crippen LogP contribution in [0.5, 0.6) is 5.75 Å². The summed E-state index contributed by atoms with van der Waals surface area (Å²) in [5.41, 5.74) is 2.16. The first kappa shape index (κ1) is 18.8. The minimum absolute atomic E-state index is 0. The monoisotopic (exact) mass is 326 g/mol. The normalized spacial score (nSPS) is 15.3. The Morgan fingerprint density at radius 3 is 2.41 bits per heavy atom. The molecule has 0 radical (unpaired) electrons. The van der Waals surface area contributed by atoms with E-state index >= 15 is 0 Å². The fourth-order valence-corrected chi connectivity index (χ4v) is 2.93. The summed E-state index contributed by atoms with van der Waals surface area (Å²) in [7, 11) is 1.98. The van der Waals surface area contributed by atoms with Crippen molar-refractivity contribution in [1.29, 1.82) is 0 Å². The van der Waals surface area contributed by atoms with Crippen LogP contribution in [0, 0.1) is 19.8 Å². The van der Waals surface area contributed by atoms with Crippen LogP contribution < -0.4 is 10.1 Å². The number of amides is 1. The Bertz CT molecular complexity index is 465. The predicted octanol–water partition coefficient (Wildman–Crippen LogP) is 2.56. The first-order chi connectivity index (χ1) is 10.1. The van der Waals surface area contributed by atoms with Crippen LogP contribution in [0.4, 0.5) is 0 Å². The highest BCUT2D eigenvalue weighted by atomic mass is 35.5. The number of halogens is 1. The number of rotatable bonds is 5. The van der Waals surface area contributed by atoms with Gasteiger partial charge in [-0.1, -0.05) is 18.2 Å². The number of nitrogens with one attached hydrogen (secondary N) is 1. The Balaban J connectivity index is 0.00000242. The summed E-state index contributed by atoms with van der Waals surface area (Å²) in [5, 5.41) is 3.21. The molecule has 22 heavy (non-hydrogen) atoms. The van der Waals surface area contributed by atoms with E-state index in [1.165, 1.54) is 0 Å². The highest BCUT2D eigenvalue weighted by Gasteiger charge is 2.22. The zero-order chi connectivity index (χ0) is 15.2. The third kappa shape index (κ3) is 4.89. The SMILES string of the molecule is CNCC1CCN(C(=O)COc2c(C)cccc2C)CC1.Cl. The lowest BCUT2D eigenvalue weighted by Crippen LogP contribution is -2.42. The summed E-state index contributed by atoms with van der Waals surface area (Å²) in [6.07, 6.45) is 2.16. The van der Waals surface area contributed by atoms with Gasteiger partial charge in [-0.25, -0.2) is 0 Å². The summed E-state index contributed by atoms with van der Waals surface area (Å²) in [6.45, 7) is 6.90. The Labute approximate surface area is 139 Å². The maximum atomic E-state index is 12.2. The molecule has 1 saturated heterocycles. The molecule has 1 aliphatic heterocycles. The van der Waals surface area contributed by atoms with E-state index in [9.17, 15) is 4.79 Å². The Kier molecular flexibility index (Phi) is 7.69. The number of para-hydroxylation sites is 1. The third-order valence-corrected chi connectivity index (χ3v) is 4.21. The van der Waals surface area contributed by atoms with Gasteiger partial charge in [0.05, 0.1) is 0 Å². The Morgan fingerprint density at radius 1 is 1.27 bits per heavy atom. The van der Waals surface area contributed by atoms with E-state index in [2.05, 4.69) is 5.32 Å². The fraction of sp³-hybridized carbons (Fsp3) is 0.588. The molecule has 4 nitrogen and oxygen atoms in total. The first-order valence-corrected chi connectivity index (χ1v) is 7.73. The lowest BCUT2D eigenvalue weighted by molar-refractivity contribution is -0.134. The summed E-state index contributed by atoms with van der Waals surface area (Å²) in [5.74, 6) is 1.63. The molecule has 0 unspecified atom stereocenters. The maximum absolute atomic E-state index is 12.2. The lowest BCUT2D eigenvalue weighted by Gasteiger charge is -2.32. The molecule has 0 aromatic heterocycles. The summed E-state index contributed by atoms with van der Waals surface area (Å²) in [6, 6.07) is 6.03. The second-order valence-electron chi connectivity index (χ2n) is 5.89. The molecular weight excluding hydrogens is 300 g/mol. The Hall–Kier alpha value is -1.26. The number of carbonyl (C=O) groups excluding carboxylic acids is 1. The van der Waals surface area contributed by atoms with E-state index in [0.29, 0.717) is 5.92 Å². The van der Waals surface area contributed by atoms with Gasteiger partial charge in [-0.05, 0) is 57.3 Å². The molecule has 1 fully saturated rings. The van der Waals surface area contributed by atoms with E-state index in [0.717, 1.165) is 49.4 Å². The summed E-state index contributed by atoms with van der Waals surface area (Å²) < 4.78 is 5.75. The molecular formula is C17H27ClN2O2. The number of piperidine rings is 1. The second-order valence-corrected chi connectivity index (χ2v) is 5.89. The van der Waals surface area contributed by atoms with Crippen molar-refractivity contribution in [2.24, 2.45) is 5.92 Å². The van der Waals surface area contributed by atoms with Gasteiger partial charge in [0, 0.05) is 13.1 Å². The van der Waals surface area contributed by atoms with Crippen LogP contribution in [0.25, 0.3) is 0 Å². The maximum Gasteiger partial charge on any atom is 0.260 e. The first-order valence-electron chi connectivity index (χ1n) is 7.73. The number of aryl methyl sites for hydroxylation is 2.